The average molecular weight is 329 g/mol. The maximum atomic E-state index is 10.4. The molecule has 0 amide bonds. The van der Waals surface area contributed by atoms with Crippen LogP contribution in [0.5, 0.6) is 0 Å². The Balaban J connectivity index is 3.48. The molecule has 23 heavy (non-hydrogen) atoms. The summed E-state index contributed by atoms with van der Waals surface area (Å²) in [7, 11) is 0. The van der Waals surface area contributed by atoms with Gasteiger partial charge < -0.3 is 9.84 Å². The molecule has 0 spiro atoms. The van der Waals surface area contributed by atoms with E-state index in [0.717, 1.165) is 25.9 Å². The van der Waals surface area contributed by atoms with E-state index in [1.807, 2.05) is 0 Å². The molecule has 0 radical (unpaired) electrons. The lowest BCUT2D eigenvalue weighted by atomic mass is 10.0. The fourth-order valence-electron chi connectivity index (χ4n) is 3.05. The molecule has 0 aliphatic carbocycles. The first-order valence-electron chi connectivity index (χ1n) is 10.0. The summed E-state index contributed by atoms with van der Waals surface area (Å²) in [6.07, 6.45) is 18.1. The summed E-state index contributed by atoms with van der Waals surface area (Å²) in [5.41, 5.74) is 0. The first-order valence-corrected chi connectivity index (χ1v) is 10.0. The molecule has 0 aromatic rings. The van der Waals surface area contributed by atoms with Gasteiger partial charge in [-0.25, -0.2) is 0 Å². The third-order valence-electron chi connectivity index (χ3n) is 4.45. The van der Waals surface area contributed by atoms with Gasteiger partial charge >= 0.3 is 5.97 Å². The van der Waals surface area contributed by atoms with E-state index in [-0.39, 0.29) is 0 Å². The Bertz CT molecular complexity index is 253. The van der Waals surface area contributed by atoms with Crippen LogP contribution in [0.4, 0.5) is 0 Å². The number of hydrogen-bond donors (Lipinski definition) is 1. The summed E-state index contributed by atoms with van der Waals surface area (Å²) >= 11 is 0. The lowest BCUT2D eigenvalue weighted by Gasteiger charge is -2.17. The molecule has 0 saturated heterocycles. The van der Waals surface area contributed by atoms with Crippen molar-refractivity contribution in [1.29, 1.82) is 0 Å². The minimum absolute atomic E-state index is 0.319. The second kappa shape index (κ2) is 17.8. The van der Waals surface area contributed by atoms with E-state index in [4.69, 9.17) is 9.84 Å². The van der Waals surface area contributed by atoms with E-state index in [1.54, 1.807) is 0 Å². The van der Waals surface area contributed by atoms with Crippen LogP contribution in [0.1, 0.15) is 110 Å². The van der Waals surface area contributed by atoms with Gasteiger partial charge in [0.2, 0.25) is 0 Å². The molecule has 138 valence electrons. The molecular formula is C20H40O3. The number of rotatable bonds is 18. The van der Waals surface area contributed by atoms with Crippen LogP contribution in [0.25, 0.3) is 0 Å². The van der Waals surface area contributed by atoms with Gasteiger partial charge in [-0.05, 0) is 26.2 Å². The Hall–Kier alpha value is -0.570. The van der Waals surface area contributed by atoms with Crippen molar-refractivity contribution in [2.24, 2.45) is 0 Å². The summed E-state index contributed by atoms with van der Waals surface area (Å²) in [5.74, 6) is -0.670. The first kappa shape index (κ1) is 22.4. The largest absolute Gasteiger partial charge is 0.481 e. The summed E-state index contributed by atoms with van der Waals surface area (Å²) < 4.78 is 5.87. The van der Waals surface area contributed by atoms with Crippen LogP contribution >= 0.6 is 0 Å². The van der Waals surface area contributed by atoms with Crippen molar-refractivity contribution >= 4 is 5.97 Å². The molecule has 0 aromatic heterocycles. The number of carbonyl (C=O) groups is 1. The van der Waals surface area contributed by atoms with Crippen LogP contribution in [-0.2, 0) is 9.53 Å². The summed E-state index contributed by atoms with van der Waals surface area (Å²) in [6, 6.07) is 0. The van der Waals surface area contributed by atoms with Gasteiger partial charge in [0.25, 0.3) is 0 Å². The highest BCUT2D eigenvalue weighted by atomic mass is 16.5. The minimum Gasteiger partial charge on any atom is -0.481 e. The zero-order chi connectivity index (χ0) is 17.2. The Morgan fingerprint density at radius 3 is 1.74 bits per heavy atom. The van der Waals surface area contributed by atoms with Crippen molar-refractivity contribution in [2.45, 2.75) is 116 Å². The Morgan fingerprint density at radius 2 is 1.26 bits per heavy atom. The van der Waals surface area contributed by atoms with Gasteiger partial charge in [-0.15, -0.1) is 0 Å². The lowest BCUT2D eigenvalue weighted by molar-refractivity contribution is -0.137. The molecule has 3 nitrogen and oxygen atoms in total. The van der Waals surface area contributed by atoms with Crippen molar-refractivity contribution < 1.29 is 14.6 Å². The van der Waals surface area contributed by atoms with E-state index < -0.39 is 5.97 Å². The van der Waals surface area contributed by atoms with Crippen LogP contribution in [-0.4, -0.2) is 23.8 Å². The standard InChI is InChI=1S/C20H40O3/c1-3-5-6-7-8-10-13-16-19(23-4-2)17-14-11-9-12-15-18-20(21)22/h19H,3-18H2,1-2H3,(H,21,22). The van der Waals surface area contributed by atoms with Gasteiger partial charge in [0, 0.05) is 13.0 Å². The third-order valence-corrected chi connectivity index (χ3v) is 4.45. The monoisotopic (exact) mass is 328 g/mol. The topological polar surface area (TPSA) is 46.5 Å². The van der Waals surface area contributed by atoms with E-state index in [0.29, 0.717) is 12.5 Å². The molecule has 3 heteroatoms. The SMILES string of the molecule is CCCCCCCCCC(CCCCCCCC(=O)O)OCC. The van der Waals surface area contributed by atoms with Crippen LogP contribution in [0.3, 0.4) is 0 Å². The molecule has 0 aliphatic heterocycles. The van der Waals surface area contributed by atoms with Gasteiger partial charge in [0.15, 0.2) is 0 Å². The lowest BCUT2D eigenvalue weighted by Crippen LogP contribution is -2.12. The van der Waals surface area contributed by atoms with E-state index >= 15 is 0 Å². The van der Waals surface area contributed by atoms with E-state index in [9.17, 15) is 4.79 Å². The zero-order valence-corrected chi connectivity index (χ0v) is 15.7. The maximum Gasteiger partial charge on any atom is 0.303 e. The van der Waals surface area contributed by atoms with Crippen LogP contribution in [0.15, 0.2) is 0 Å². The summed E-state index contributed by atoms with van der Waals surface area (Å²) in [4.78, 5) is 10.4. The van der Waals surface area contributed by atoms with Crippen molar-refractivity contribution in [3.05, 3.63) is 0 Å². The summed E-state index contributed by atoms with van der Waals surface area (Å²) in [5, 5.41) is 8.59. The van der Waals surface area contributed by atoms with E-state index in [2.05, 4.69) is 13.8 Å². The molecule has 1 unspecified atom stereocenters. The molecule has 1 atom stereocenters. The number of hydrogen-bond acceptors (Lipinski definition) is 2. The molecule has 0 aromatic carbocycles. The van der Waals surface area contributed by atoms with Crippen LogP contribution < -0.4 is 0 Å². The predicted octanol–water partition coefficient (Wildman–Crippen LogP) is 6.35. The van der Waals surface area contributed by atoms with Crippen molar-refractivity contribution in [3.8, 4) is 0 Å². The highest BCUT2D eigenvalue weighted by Gasteiger charge is 2.08. The van der Waals surface area contributed by atoms with E-state index in [1.165, 1.54) is 70.6 Å². The van der Waals surface area contributed by atoms with Crippen molar-refractivity contribution in [1.82, 2.24) is 0 Å². The zero-order valence-electron chi connectivity index (χ0n) is 15.7. The number of aliphatic carboxylic acids is 1. The predicted molar refractivity (Wildman–Crippen MR) is 98.0 cm³/mol. The average Bonchev–Trinajstić information content (AvgIpc) is 2.52. The Morgan fingerprint density at radius 1 is 0.783 bits per heavy atom. The van der Waals surface area contributed by atoms with Gasteiger partial charge in [-0.2, -0.15) is 0 Å². The van der Waals surface area contributed by atoms with Gasteiger partial charge in [-0.1, -0.05) is 77.6 Å². The molecule has 0 rings (SSSR count). The third kappa shape index (κ3) is 17.6. The van der Waals surface area contributed by atoms with Crippen LogP contribution in [0.2, 0.25) is 0 Å². The number of carboxylic acids is 1. The van der Waals surface area contributed by atoms with Gasteiger partial charge in [0.1, 0.15) is 0 Å². The van der Waals surface area contributed by atoms with Crippen molar-refractivity contribution in [2.75, 3.05) is 6.61 Å². The highest BCUT2D eigenvalue weighted by molar-refractivity contribution is 5.66. The van der Waals surface area contributed by atoms with Crippen LogP contribution in [0, 0.1) is 0 Å². The summed E-state index contributed by atoms with van der Waals surface area (Å²) in [6.45, 7) is 5.17. The Kier molecular flexibility index (Phi) is 17.3. The molecule has 0 aliphatic rings. The first-order chi connectivity index (χ1) is 11.2. The molecule has 0 heterocycles. The fraction of sp³-hybridized carbons (Fsp3) is 0.950. The molecule has 0 bridgehead atoms. The normalized spacial score (nSPS) is 12.4. The molecular weight excluding hydrogens is 288 g/mol. The second-order valence-corrected chi connectivity index (χ2v) is 6.69. The Labute approximate surface area is 144 Å². The molecule has 1 N–H and O–H groups in total. The fourth-order valence-corrected chi connectivity index (χ4v) is 3.05. The quantitative estimate of drug-likeness (QED) is 0.298. The number of ether oxygens (including phenoxy) is 1. The van der Waals surface area contributed by atoms with Crippen molar-refractivity contribution in [3.63, 3.8) is 0 Å². The number of carboxylic acid groups (broad SMARTS) is 1. The number of unbranched alkanes of at least 4 members (excludes halogenated alkanes) is 10. The molecule has 0 fully saturated rings. The minimum atomic E-state index is -0.670. The maximum absolute atomic E-state index is 10.4. The highest BCUT2D eigenvalue weighted by Crippen LogP contribution is 2.16. The van der Waals surface area contributed by atoms with Gasteiger partial charge in [-0.3, -0.25) is 4.79 Å². The smallest absolute Gasteiger partial charge is 0.303 e. The molecule has 0 saturated carbocycles. The van der Waals surface area contributed by atoms with Gasteiger partial charge in [0.05, 0.1) is 6.10 Å². The second-order valence-electron chi connectivity index (χ2n) is 6.69.